The van der Waals surface area contributed by atoms with Gasteiger partial charge in [0.25, 0.3) is 0 Å². The average molecular weight is 607 g/mol. The summed E-state index contributed by atoms with van der Waals surface area (Å²) >= 11 is 0. The largest absolute Gasteiger partial charge is 0.504 e. The number of Topliss-reactive ketones (excluding diaryl/α,β-unsaturated/α-hetero) is 1. The van der Waals surface area contributed by atoms with Gasteiger partial charge in [-0.2, -0.15) is 0 Å². The maximum absolute atomic E-state index is 13.7. The van der Waals surface area contributed by atoms with Crippen molar-refractivity contribution in [3.63, 3.8) is 0 Å². The Bertz CT molecular complexity index is 1360. The minimum Gasteiger partial charge on any atom is -0.504 e. The molecular weight excluding hydrogens is 568 g/mol. The van der Waals surface area contributed by atoms with Crippen molar-refractivity contribution in [3.05, 3.63) is 23.0 Å². The summed E-state index contributed by atoms with van der Waals surface area (Å²) in [4.78, 5) is 64.9. The second-order valence-corrected chi connectivity index (χ2v) is 13.2. The zero-order valence-corrected chi connectivity index (χ0v) is 25.2. The molecule has 2 bridgehead atoms. The minimum absolute atomic E-state index is 0.123. The molecule has 2 saturated heterocycles. The van der Waals surface area contributed by atoms with Crippen LogP contribution in [-0.2, 0) is 47.7 Å². The van der Waals surface area contributed by atoms with Gasteiger partial charge in [0.05, 0.1) is 25.7 Å². The van der Waals surface area contributed by atoms with Gasteiger partial charge in [-0.3, -0.25) is 9.59 Å². The zero-order chi connectivity index (χ0) is 32.0. The maximum Gasteiger partial charge on any atom is 0.348 e. The number of carbonyl (C=O) groups excluding carboxylic acids is 5. The molecule has 0 aromatic carbocycles. The van der Waals surface area contributed by atoms with E-state index in [1.54, 1.807) is 27.7 Å². The first-order valence-electron chi connectivity index (χ1n) is 14.2. The third-order valence-electron chi connectivity index (χ3n) is 10.8. The van der Waals surface area contributed by atoms with Crippen LogP contribution in [0.4, 0.5) is 0 Å². The van der Waals surface area contributed by atoms with Gasteiger partial charge >= 0.3 is 23.9 Å². The Labute approximate surface area is 248 Å². The predicted molar refractivity (Wildman–Crippen MR) is 143 cm³/mol. The Balaban J connectivity index is 1.64. The number of esters is 4. The molecule has 5 aliphatic rings. The van der Waals surface area contributed by atoms with Crippen molar-refractivity contribution in [1.82, 2.24) is 0 Å². The van der Waals surface area contributed by atoms with Crippen LogP contribution in [-0.4, -0.2) is 94.3 Å². The van der Waals surface area contributed by atoms with Gasteiger partial charge in [0.2, 0.25) is 11.7 Å². The van der Waals surface area contributed by atoms with E-state index in [9.17, 15) is 39.3 Å². The lowest BCUT2D eigenvalue weighted by molar-refractivity contribution is -0.290. The highest BCUT2D eigenvalue weighted by Gasteiger charge is 2.85. The highest BCUT2D eigenvalue weighted by atomic mass is 16.6. The fraction of sp³-hybridized carbons (Fsp3) is 0.700. The van der Waals surface area contributed by atoms with Gasteiger partial charge < -0.3 is 39.0 Å². The van der Waals surface area contributed by atoms with E-state index in [2.05, 4.69) is 0 Å². The Hall–Kier alpha value is -3.29. The molecule has 1 spiro atoms. The Kier molecular flexibility index (Phi) is 7.14. The van der Waals surface area contributed by atoms with E-state index in [4.69, 9.17) is 23.7 Å². The van der Waals surface area contributed by atoms with E-state index < -0.39 is 93.9 Å². The SMILES string of the molecule is COC(=O)[C@@]12OC[C@]34C(C(O)[C@@H]1O)[C@@]1(C)CC(=O)C(O)=C(C)[C@@H]1C[C@H]3OC(=O)[C@H](OC(=O)/C=C(\C)C(C)(C)OC(C)=O)[C@@H]24. The number of aliphatic hydroxyl groups is 3. The molecule has 236 valence electrons. The molecule has 13 nitrogen and oxygen atoms in total. The maximum atomic E-state index is 13.7. The second kappa shape index (κ2) is 9.86. The number of hydrogen-bond donors (Lipinski definition) is 3. The number of methoxy groups -OCH3 is 1. The van der Waals surface area contributed by atoms with Gasteiger partial charge in [0.15, 0.2) is 11.5 Å². The third kappa shape index (κ3) is 4.03. The Morgan fingerprint density at radius 3 is 2.37 bits per heavy atom. The Morgan fingerprint density at radius 2 is 1.77 bits per heavy atom. The van der Waals surface area contributed by atoms with Crippen LogP contribution in [0.5, 0.6) is 0 Å². The van der Waals surface area contributed by atoms with Crippen molar-refractivity contribution in [1.29, 1.82) is 0 Å². The third-order valence-corrected chi connectivity index (χ3v) is 10.8. The van der Waals surface area contributed by atoms with Gasteiger partial charge in [-0.25, -0.2) is 14.4 Å². The van der Waals surface area contributed by atoms with Crippen molar-refractivity contribution in [2.45, 2.75) is 90.0 Å². The van der Waals surface area contributed by atoms with Crippen molar-refractivity contribution in [2.75, 3.05) is 13.7 Å². The van der Waals surface area contributed by atoms with Crippen molar-refractivity contribution >= 4 is 29.7 Å². The van der Waals surface area contributed by atoms with E-state index in [1.165, 1.54) is 13.8 Å². The summed E-state index contributed by atoms with van der Waals surface area (Å²) in [5, 5.41) is 33.9. The predicted octanol–water partition coefficient (Wildman–Crippen LogP) is 0.839. The van der Waals surface area contributed by atoms with Gasteiger partial charge in [-0.1, -0.05) is 6.92 Å². The average Bonchev–Trinajstić information content (AvgIpc) is 3.21. The van der Waals surface area contributed by atoms with Crippen LogP contribution >= 0.6 is 0 Å². The molecule has 5 rings (SSSR count). The first kappa shape index (κ1) is 31.1. The molecule has 2 unspecified atom stereocenters. The normalized spacial score (nSPS) is 42.0. The van der Waals surface area contributed by atoms with E-state index in [1.807, 2.05) is 0 Å². The van der Waals surface area contributed by atoms with Crippen LogP contribution < -0.4 is 0 Å². The molecule has 13 heteroatoms. The topological polar surface area (TPSA) is 192 Å². The molecule has 0 radical (unpaired) electrons. The number of fused-ring (bicyclic) bond motifs is 2. The fourth-order valence-electron chi connectivity index (χ4n) is 8.81. The molecular formula is C30H38O13. The molecule has 3 aliphatic carbocycles. The zero-order valence-electron chi connectivity index (χ0n) is 25.2. The molecule has 2 saturated carbocycles. The van der Waals surface area contributed by atoms with Crippen molar-refractivity contribution in [3.8, 4) is 0 Å². The van der Waals surface area contributed by atoms with Gasteiger partial charge in [0.1, 0.15) is 17.8 Å². The first-order chi connectivity index (χ1) is 19.9. The molecule has 2 aliphatic heterocycles. The van der Waals surface area contributed by atoms with Crippen LogP contribution in [0, 0.1) is 28.6 Å². The summed E-state index contributed by atoms with van der Waals surface area (Å²) in [6, 6.07) is 0. The lowest BCUT2D eigenvalue weighted by Gasteiger charge is -2.67. The number of ether oxygens (including phenoxy) is 5. The quantitative estimate of drug-likeness (QED) is 0.227. The highest BCUT2D eigenvalue weighted by Crippen LogP contribution is 2.72. The van der Waals surface area contributed by atoms with Crippen LogP contribution in [0.1, 0.15) is 54.4 Å². The summed E-state index contributed by atoms with van der Waals surface area (Å²) in [5.74, 6) is -7.48. The first-order valence-corrected chi connectivity index (χ1v) is 14.2. The Morgan fingerprint density at radius 1 is 1.12 bits per heavy atom. The van der Waals surface area contributed by atoms with Crippen LogP contribution in [0.3, 0.4) is 0 Å². The fourth-order valence-corrected chi connectivity index (χ4v) is 8.81. The van der Waals surface area contributed by atoms with E-state index in [0.717, 1.165) is 13.2 Å². The second-order valence-electron chi connectivity index (χ2n) is 13.2. The molecule has 0 amide bonds. The van der Waals surface area contributed by atoms with Crippen molar-refractivity contribution < 1.29 is 63.0 Å². The van der Waals surface area contributed by atoms with Gasteiger partial charge in [0, 0.05) is 30.8 Å². The number of carbonyl (C=O) groups is 5. The molecule has 3 N–H and O–H groups in total. The summed E-state index contributed by atoms with van der Waals surface area (Å²) in [5.41, 5.74) is -5.29. The van der Waals surface area contributed by atoms with Crippen LogP contribution in [0.2, 0.25) is 0 Å². The number of hydrogen-bond acceptors (Lipinski definition) is 13. The molecule has 43 heavy (non-hydrogen) atoms. The van der Waals surface area contributed by atoms with E-state index in [-0.39, 0.29) is 25.2 Å². The lowest BCUT2D eigenvalue weighted by atomic mass is 9.38. The lowest BCUT2D eigenvalue weighted by Crippen LogP contribution is -2.79. The smallest absolute Gasteiger partial charge is 0.348 e. The monoisotopic (exact) mass is 606 g/mol. The number of aliphatic hydroxyl groups excluding tert-OH is 3. The summed E-state index contributed by atoms with van der Waals surface area (Å²) in [7, 11) is 1.06. The van der Waals surface area contributed by atoms with Crippen LogP contribution in [0.25, 0.3) is 0 Å². The van der Waals surface area contributed by atoms with E-state index in [0.29, 0.717) is 11.1 Å². The highest BCUT2D eigenvalue weighted by molar-refractivity contribution is 5.95. The van der Waals surface area contributed by atoms with Gasteiger partial charge in [-0.15, -0.1) is 0 Å². The minimum atomic E-state index is -2.31. The molecule has 10 atom stereocenters. The summed E-state index contributed by atoms with van der Waals surface area (Å²) in [6.07, 6.45) is -5.37. The summed E-state index contributed by atoms with van der Waals surface area (Å²) in [6.45, 7) is 8.96. The number of ketones is 1. The van der Waals surface area contributed by atoms with Crippen LogP contribution in [0.15, 0.2) is 23.0 Å². The molecule has 0 aromatic rings. The molecule has 2 heterocycles. The van der Waals surface area contributed by atoms with Gasteiger partial charge in [-0.05, 0) is 56.6 Å². The number of rotatable bonds is 5. The summed E-state index contributed by atoms with van der Waals surface area (Å²) < 4.78 is 28.0. The van der Waals surface area contributed by atoms with Crippen molar-refractivity contribution in [2.24, 2.45) is 28.6 Å². The molecule has 0 aromatic heterocycles. The standard InChI is InChI=1S/C30H38O13/c1-12(27(4,5)43-14(3)31)8-18(33)42-21-23-29-11-40-30(23,26(38)39-7)24(36)20(35)22(29)28(6)10-16(32)19(34)13(2)15(28)9-17(29)41-25(21)37/h8,15,17,20-24,34-36H,9-11H2,1-7H3/b12-8+/t15-,17+,20?,21+,22?,23+,24-,28-,29+,30-/m0/s1. The van der Waals surface area contributed by atoms with E-state index >= 15 is 0 Å². The molecule has 4 fully saturated rings. The number of allylic oxidation sites excluding steroid dienone is 2.